The van der Waals surface area contributed by atoms with Crippen LogP contribution in [0.3, 0.4) is 0 Å². The zero-order valence-corrected chi connectivity index (χ0v) is 56.7. The Balaban J connectivity index is 3.29. The van der Waals surface area contributed by atoms with Crippen LogP contribution in [0.5, 0.6) is 0 Å². The third-order valence-electron chi connectivity index (χ3n) is 18.3. The summed E-state index contributed by atoms with van der Waals surface area (Å²) in [6.07, 6.45) is 91.7. The molecule has 0 saturated heterocycles. The number of aliphatic hydroxyl groups excluding tert-OH is 2. The Morgan fingerprint density at radius 2 is 0.566 bits per heavy atom. The normalized spacial score (nSPS) is 12.5. The van der Waals surface area contributed by atoms with Crippen molar-refractivity contribution in [2.45, 2.75) is 456 Å². The van der Waals surface area contributed by atoms with Crippen molar-refractivity contribution in [3.63, 3.8) is 0 Å². The SMILES string of the molecule is CCCCCCCCCCCCCCCCCC(=O)OCCCCCCCCCCCCCCCCCCCC/C=C\CCCCCCCCCCCCCCCCCCCC(=O)NC(CO)C(O)CCCCCCCCCCCCCC. The molecule has 0 spiro atoms. The van der Waals surface area contributed by atoms with Gasteiger partial charge in [0.25, 0.3) is 0 Å². The van der Waals surface area contributed by atoms with Crippen molar-refractivity contribution < 1.29 is 24.5 Å². The summed E-state index contributed by atoms with van der Waals surface area (Å²) in [5, 5.41) is 23.3. The molecule has 0 aliphatic carbocycles. The van der Waals surface area contributed by atoms with Crippen molar-refractivity contribution in [1.82, 2.24) is 5.32 Å². The van der Waals surface area contributed by atoms with Gasteiger partial charge in [0, 0.05) is 12.8 Å². The van der Waals surface area contributed by atoms with Gasteiger partial charge in [0.2, 0.25) is 5.91 Å². The van der Waals surface area contributed by atoms with Gasteiger partial charge in [-0.15, -0.1) is 0 Å². The van der Waals surface area contributed by atoms with Gasteiger partial charge >= 0.3 is 5.97 Å². The predicted molar refractivity (Wildman–Crippen MR) is 366 cm³/mol. The lowest BCUT2D eigenvalue weighted by atomic mass is 10.0. The van der Waals surface area contributed by atoms with Crippen LogP contribution in [0.2, 0.25) is 0 Å². The number of carbonyl (C=O) groups is 2. The van der Waals surface area contributed by atoms with Gasteiger partial charge < -0.3 is 20.3 Å². The van der Waals surface area contributed by atoms with E-state index in [-0.39, 0.29) is 18.5 Å². The molecule has 0 aromatic heterocycles. The molecule has 2 atom stereocenters. The smallest absolute Gasteiger partial charge is 0.305 e. The molecule has 0 fully saturated rings. The summed E-state index contributed by atoms with van der Waals surface area (Å²) in [4.78, 5) is 24.6. The fraction of sp³-hybridized carbons (Fsp3) is 0.948. The molecule has 0 rings (SSSR count). The lowest BCUT2D eigenvalue weighted by molar-refractivity contribution is -0.143. The lowest BCUT2D eigenvalue weighted by Crippen LogP contribution is -2.45. The van der Waals surface area contributed by atoms with Crippen LogP contribution in [0.25, 0.3) is 0 Å². The molecule has 0 heterocycles. The van der Waals surface area contributed by atoms with E-state index in [0.717, 1.165) is 38.5 Å². The molecule has 0 radical (unpaired) electrons. The Kier molecular flexibility index (Phi) is 71.8. The van der Waals surface area contributed by atoms with Gasteiger partial charge in [0.05, 0.1) is 25.4 Å². The highest BCUT2D eigenvalue weighted by Crippen LogP contribution is 2.20. The minimum Gasteiger partial charge on any atom is -0.466 e. The number of hydrogen-bond donors (Lipinski definition) is 3. The van der Waals surface area contributed by atoms with Crippen LogP contribution in [0.4, 0.5) is 0 Å². The quantitative estimate of drug-likeness (QED) is 0.0320. The van der Waals surface area contributed by atoms with Crippen LogP contribution >= 0.6 is 0 Å². The Hall–Kier alpha value is -1.40. The van der Waals surface area contributed by atoms with Gasteiger partial charge in [-0.2, -0.15) is 0 Å². The first kappa shape index (κ1) is 81.6. The standard InChI is InChI=1S/C77H151NO5/c1-3-5-7-9-11-13-15-17-43-47-51-55-59-63-67-71-77(82)83-72-68-64-60-56-52-48-45-42-40-38-36-34-32-30-28-26-24-22-20-18-19-21-23-25-27-29-31-33-35-37-39-41-44-46-50-54-58-62-66-70-76(81)78-74(73-79)75(80)69-65-61-57-53-49-16-14-12-10-8-6-4-2/h18-19,74-75,79-80H,3-17,20-73H2,1-2H3,(H,78,81)/b19-18-. The molecule has 83 heavy (non-hydrogen) atoms. The fourth-order valence-electron chi connectivity index (χ4n) is 12.5. The Bertz CT molecular complexity index is 1260. The maximum Gasteiger partial charge on any atom is 0.305 e. The average molecular weight is 1170 g/mol. The van der Waals surface area contributed by atoms with Crippen LogP contribution < -0.4 is 5.32 Å². The summed E-state index contributed by atoms with van der Waals surface area (Å²) in [5.74, 6) is -0.00201. The number of allylic oxidation sites excluding steroid dienone is 2. The van der Waals surface area contributed by atoms with Crippen molar-refractivity contribution in [2.75, 3.05) is 13.2 Å². The fourth-order valence-corrected chi connectivity index (χ4v) is 12.5. The van der Waals surface area contributed by atoms with E-state index in [4.69, 9.17) is 4.74 Å². The number of unbranched alkanes of at least 4 members (excludes halogenated alkanes) is 60. The molecule has 6 nitrogen and oxygen atoms in total. The van der Waals surface area contributed by atoms with Gasteiger partial charge in [-0.1, -0.05) is 392 Å². The first-order valence-corrected chi connectivity index (χ1v) is 38.4. The predicted octanol–water partition coefficient (Wildman–Crippen LogP) is 25.1. The van der Waals surface area contributed by atoms with Crippen molar-refractivity contribution in [3.05, 3.63) is 12.2 Å². The third-order valence-corrected chi connectivity index (χ3v) is 18.3. The van der Waals surface area contributed by atoms with Gasteiger partial charge in [0.1, 0.15) is 0 Å². The van der Waals surface area contributed by atoms with E-state index in [9.17, 15) is 19.8 Å². The van der Waals surface area contributed by atoms with Crippen molar-refractivity contribution >= 4 is 11.9 Å². The lowest BCUT2D eigenvalue weighted by Gasteiger charge is -2.22. The third kappa shape index (κ3) is 69.6. The molecule has 0 aliphatic rings. The first-order chi connectivity index (χ1) is 41.0. The summed E-state index contributed by atoms with van der Waals surface area (Å²) in [7, 11) is 0. The molecule has 494 valence electrons. The van der Waals surface area contributed by atoms with Gasteiger partial charge in [-0.05, 0) is 51.4 Å². The van der Waals surface area contributed by atoms with Gasteiger partial charge in [0.15, 0.2) is 0 Å². The molecule has 0 saturated carbocycles. The van der Waals surface area contributed by atoms with Crippen LogP contribution in [0.15, 0.2) is 12.2 Å². The van der Waals surface area contributed by atoms with Gasteiger partial charge in [-0.25, -0.2) is 0 Å². The molecule has 0 aromatic rings. The largest absolute Gasteiger partial charge is 0.466 e. The molecule has 0 aliphatic heterocycles. The summed E-state index contributed by atoms with van der Waals surface area (Å²) in [6.45, 7) is 4.99. The molecule has 2 unspecified atom stereocenters. The molecular weight excluding hydrogens is 1020 g/mol. The maximum absolute atomic E-state index is 12.5. The highest BCUT2D eigenvalue weighted by molar-refractivity contribution is 5.76. The van der Waals surface area contributed by atoms with Crippen LogP contribution in [0.1, 0.15) is 444 Å². The molecule has 6 heteroatoms. The summed E-state index contributed by atoms with van der Waals surface area (Å²) in [6, 6.07) is -0.536. The van der Waals surface area contributed by atoms with Crippen LogP contribution in [-0.4, -0.2) is 47.4 Å². The Morgan fingerprint density at radius 3 is 0.855 bits per heavy atom. The van der Waals surface area contributed by atoms with E-state index in [2.05, 4.69) is 31.3 Å². The highest BCUT2D eigenvalue weighted by Gasteiger charge is 2.20. The second-order valence-corrected chi connectivity index (χ2v) is 26.7. The maximum atomic E-state index is 12.5. The van der Waals surface area contributed by atoms with Crippen molar-refractivity contribution in [3.8, 4) is 0 Å². The number of rotatable bonds is 73. The average Bonchev–Trinajstić information content (AvgIpc) is 3.49. The molecular formula is C77H151NO5. The van der Waals surface area contributed by atoms with E-state index >= 15 is 0 Å². The number of amides is 1. The number of carbonyl (C=O) groups excluding carboxylic acids is 2. The van der Waals surface area contributed by atoms with Crippen LogP contribution in [0, 0.1) is 0 Å². The topological polar surface area (TPSA) is 95.9 Å². The number of nitrogens with one attached hydrogen (secondary N) is 1. The van der Waals surface area contributed by atoms with Crippen LogP contribution in [-0.2, 0) is 14.3 Å². The van der Waals surface area contributed by atoms with Crippen molar-refractivity contribution in [2.24, 2.45) is 0 Å². The second-order valence-electron chi connectivity index (χ2n) is 26.7. The highest BCUT2D eigenvalue weighted by atomic mass is 16.5. The minimum atomic E-state index is -0.659. The number of aliphatic hydroxyl groups is 2. The number of ether oxygens (including phenoxy) is 1. The second kappa shape index (κ2) is 73.1. The zero-order valence-electron chi connectivity index (χ0n) is 56.7. The Morgan fingerprint density at radius 1 is 0.325 bits per heavy atom. The molecule has 0 bridgehead atoms. The Labute approximate surface area is 520 Å². The zero-order chi connectivity index (χ0) is 59.9. The number of esters is 1. The molecule has 3 N–H and O–H groups in total. The van der Waals surface area contributed by atoms with E-state index in [1.807, 2.05) is 0 Å². The number of hydrogen-bond acceptors (Lipinski definition) is 5. The summed E-state index contributed by atoms with van der Waals surface area (Å²) >= 11 is 0. The van der Waals surface area contributed by atoms with E-state index in [0.29, 0.717) is 25.9 Å². The minimum absolute atomic E-state index is 0.0264. The van der Waals surface area contributed by atoms with E-state index in [1.54, 1.807) is 0 Å². The van der Waals surface area contributed by atoms with Gasteiger partial charge in [-0.3, -0.25) is 9.59 Å². The first-order valence-electron chi connectivity index (χ1n) is 38.4. The van der Waals surface area contributed by atoms with E-state index < -0.39 is 12.1 Å². The van der Waals surface area contributed by atoms with E-state index in [1.165, 1.54) is 372 Å². The molecule has 1 amide bonds. The monoisotopic (exact) mass is 1170 g/mol. The summed E-state index contributed by atoms with van der Waals surface area (Å²) in [5.41, 5.74) is 0. The molecule has 0 aromatic carbocycles. The van der Waals surface area contributed by atoms with Crippen molar-refractivity contribution in [1.29, 1.82) is 0 Å². The summed E-state index contributed by atoms with van der Waals surface area (Å²) < 4.78 is 5.51.